The first-order valence-corrected chi connectivity index (χ1v) is 17.7. The van der Waals surface area contributed by atoms with E-state index >= 15 is 0 Å². The van der Waals surface area contributed by atoms with Crippen LogP contribution in [0.1, 0.15) is 48.1 Å². The van der Waals surface area contributed by atoms with E-state index in [1.807, 2.05) is 71.0 Å². The van der Waals surface area contributed by atoms with Crippen molar-refractivity contribution in [1.82, 2.24) is 10.2 Å². The van der Waals surface area contributed by atoms with Crippen LogP contribution in [0.2, 0.25) is 10.0 Å². The molecule has 0 heterocycles. The van der Waals surface area contributed by atoms with Crippen LogP contribution in [0, 0.1) is 20.8 Å². The number of halogens is 2. The molecule has 4 aromatic rings. The van der Waals surface area contributed by atoms with Gasteiger partial charge >= 0.3 is 0 Å². The number of nitrogens with one attached hydrogen (secondary N) is 1. The molecule has 0 aliphatic carbocycles. The Morgan fingerprint density at radius 1 is 0.851 bits per heavy atom. The lowest BCUT2D eigenvalue weighted by atomic mass is 10.0. The normalized spacial score (nSPS) is 12.7. The summed E-state index contributed by atoms with van der Waals surface area (Å²) in [7, 11) is -4.20. The minimum atomic E-state index is -4.20. The molecular formula is C37H41Cl2N3O4S. The number of amides is 2. The van der Waals surface area contributed by atoms with Crippen LogP contribution in [0.5, 0.6) is 0 Å². The molecule has 1 N–H and O–H groups in total. The molecule has 0 bridgehead atoms. The van der Waals surface area contributed by atoms with Crippen molar-refractivity contribution in [2.45, 2.75) is 71.0 Å². The van der Waals surface area contributed by atoms with Gasteiger partial charge in [-0.25, -0.2) is 8.42 Å². The number of hydrogen-bond donors (Lipinski definition) is 1. The molecule has 2 amide bonds. The van der Waals surface area contributed by atoms with E-state index in [9.17, 15) is 18.0 Å². The summed E-state index contributed by atoms with van der Waals surface area (Å²) in [4.78, 5) is 30.1. The molecule has 0 saturated heterocycles. The Labute approximate surface area is 288 Å². The summed E-state index contributed by atoms with van der Waals surface area (Å²) >= 11 is 12.8. The molecule has 0 fully saturated rings. The van der Waals surface area contributed by atoms with Gasteiger partial charge in [-0.1, -0.05) is 90.3 Å². The van der Waals surface area contributed by atoms with Crippen molar-refractivity contribution in [3.05, 3.63) is 129 Å². The molecule has 4 aromatic carbocycles. The molecule has 0 aromatic heterocycles. The van der Waals surface area contributed by atoms with Crippen LogP contribution < -0.4 is 9.62 Å². The van der Waals surface area contributed by atoms with E-state index in [1.165, 1.54) is 17.0 Å². The number of nitrogens with zero attached hydrogens (tertiary/aromatic N) is 2. The topological polar surface area (TPSA) is 86.8 Å². The van der Waals surface area contributed by atoms with Gasteiger partial charge in [0.25, 0.3) is 10.0 Å². The minimum Gasteiger partial charge on any atom is -0.352 e. The lowest BCUT2D eigenvalue weighted by Crippen LogP contribution is -2.54. The highest BCUT2D eigenvalue weighted by Crippen LogP contribution is 2.28. The summed E-state index contributed by atoms with van der Waals surface area (Å²) in [5.74, 6) is -0.911. The lowest BCUT2D eigenvalue weighted by Gasteiger charge is -2.34. The molecule has 47 heavy (non-hydrogen) atoms. The van der Waals surface area contributed by atoms with Crippen LogP contribution in [0.4, 0.5) is 5.69 Å². The molecule has 248 valence electrons. The summed E-state index contributed by atoms with van der Waals surface area (Å²) in [5, 5.41) is 3.79. The maximum absolute atomic E-state index is 14.7. The standard InChI is InChI=1S/C37H41Cl2N3O4S/c1-6-28(5)40-37(44)35(21-29-10-8-7-9-11-29)41(23-30-15-16-31(38)22-34(30)39)36(43)24-42(32-17-14-26(3)27(4)20-32)47(45,46)33-18-12-25(2)13-19-33/h7-20,22,28,35H,6,21,23-24H2,1-5H3,(H,40,44). The summed E-state index contributed by atoms with van der Waals surface area (Å²) in [6.07, 6.45) is 0.893. The van der Waals surface area contributed by atoms with Gasteiger partial charge in [0.2, 0.25) is 11.8 Å². The van der Waals surface area contributed by atoms with E-state index in [4.69, 9.17) is 23.2 Å². The van der Waals surface area contributed by atoms with E-state index in [2.05, 4.69) is 5.32 Å². The fourth-order valence-corrected chi connectivity index (χ4v) is 6.95. The Morgan fingerprint density at radius 3 is 2.15 bits per heavy atom. The number of hydrogen-bond acceptors (Lipinski definition) is 4. The van der Waals surface area contributed by atoms with Gasteiger partial charge in [-0.2, -0.15) is 0 Å². The lowest BCUT2D eigenvalue weighted by molar-refractivity contribution is -0.140. The van der Waals surface area contributed by atoms with Crippen molar-refractivity contribution in [2.75, 3.05) is 10.8 Å². The van der Waals surface area contributed by atoms with Gasteiger partial charge in [0, 0.05) is 29.1 Å². The first kappa shape index (κ1) is 36.0. The van der Waals surface area contributed by atoms with Crippen molar-refractivity contribution >= 4 is 50.7 Å². The number of anilines is 1. The monoisotopic (exact) mass is 693 g/mol. The van der Waals surface area contributed by atoms with Crippen molar-refractivity contribution in [3.8, 4) is 0 Å². The Morgan fingerprint density at radius 2 is 1.53 bits per heavy atom. The second kappa shape index (κ2) is 15.8. The van der Waals surface area contributed by atoms with Crippen molar-refractivity contribution in [3.63, 3.8) is 0 Å². The Balaban J connectivity index is 1.85. The highest BCUT2D eigenvalue weighted by Gasteiger charge is 2.35. The molecule has 0 radical (unpaired) electrons. The SMILES string of the molecule is CCC(C)NC(=O)C(Cc1ccccc1)N(Cc1ccc(Cl)cc1Cl)C(=O)CN(c1ccc(C)c(C)c1)S(=O)(=O)c1ccc(C)cc1. The zero-order valence-corrected chi connectivity index (χ0v) is 29.7. The first-order valence-electron chi connectivity index (χ1n) is 15.5. The average molecular weight is 695 g/mol. The van der Waals surface area contributed by atoms with Crippen LogP contribution in [-0.2, 0) is 32.6 Å². The van der Waals surface area contributed by atoms with E-state index in [-0.39, 0.29) is 29.8 Å². The molecule has 0 aliphatic heterocycles. The molecule has 0 aliphatic rings. The number of sulfonamides is 1. The van der Waals surface area contributed by atoms with Gasteiger partial charge in [0.15, 0.2) is 0 Å². The highest BCUT2D eigenvalue weighted by atomic mass is 35.5. The van der Waals surface area contributed by atoms with Gasteiger partial charge in [0.05, 0.1) is 10.6 Å². The summed E-state index contributed by atoms with van der Waals surface area (Å²) in [5.41, 5.74) is 4.51. The number of aryl methyl sites for hydroxylation is 3. The Hall–Kier alpha value is -3.85. The molecule has 2 unspecified atom stereocenters. The zero-order chi connectivity index (χ0) is 34.3. The van der Waals surface area contributed by atoms with Crippen LogP contribution in [0.3, 0.4) is 0 Å². The van der Waals surface area contributed by atoms with Crippen LogP contribution in [0.15, 0.2) is 95.9 Å². The number of carbonyl (C=O) groups excluding carboxylic acids is 2. The van der Waals surface area contributed by atoms with Crippen molar-refractivity contribution in [2.24, 2.45) is 0 Å². The predicted molar refractivity (Wildman–Crippen MR) is 190 cm³/mol. The third-order valence-electron chi connectivity index (χ3n) is 8.29. The number of carbonyl (C=O) groups is 2. The maximum Gasteiger partial charge on any atom is 0.264 e. The fraction of sp³-hybridized carbons (Fsp3) is 0.297. The summed E-state index contributed by atoms with van der Waals surface area (Å²) in [6, 6.07) is 25.0. The van der Waals surface area contributed by atoms with Gasteiger partial charge < -0.3 is 10.2 Å². The molecule has 10 heteroatoms. The summed E-state index contributed by atoms with van der Waals surface area (Å²) < 4.78 is 29.7. The second-order valence-corrected chi connectivity index (χ2v) is 14.6. The number of benzene rings is 4. The van der Waals surface area contributed by atoms with Crippen LogP contribution >= 0.6 is 23.2 Å². The van der Waals surface area contributed by atoms with Crippen LogP contribution in [-0.4, -0.2) is 43.8 Å². The first-order chi connectivity index (χ1) is 22.3. The van der Waals surface area contributed by atoms with E-state index in [0.29, 0.717) is 27.7 Å². The van der Waals surface area contributed by atoms with Crippen molar-refractivity contribution < 1.29 is 18.0 Å². The quantitative estimate of drug-likeness (QED) is 0.156. The molecule has 0 saturated carbocycles. The molecule has 7 nitrogen and oxygen atoms in total. The van der Waals surface area contributed by atoms with E-state index in [0.717, 1.165) is 26.6 Å². The largest absolute Gasteiger partial charge is 0.352 e. The van der Waals surface area contributed by atoms with Gasteiger partial charge in [0.1, 0.15) is 12.6 Å². The average Bonchev–Trinajstić information content (AvgIpc) is 3.04. The third-order valence-corrected chi connectivity index (χ3v) is 10.7. The molecule has 2 atom stereocenters. The minimum absolute atomic E-state index is 0.0500. The predicted octanol–water partition coefficient (Wildman–Crippen LogP) is 7.67. The second-order valence-electron chi connectivity index (χ2n) is 11.9. The maximum atomic E-state index is 14.7. The summed E-state index contributed by atoms with van der Waals surface area (Å²) in [6.45, 7) is 8.96. The smallest absolute Gasteiger partial charge is 0.264 e. The van der Waals surface area contributed by atoms with Gasteiger partial charge in [-0.05, 0) is 92.8 Å². The van der Waals surface area contributed by atoms with Gasteiger partial charge in [-0.3, -0.25) is 13.9 Å². The van der Waals surface area contributed by atoms with Crippen molar-refractivity contribution in [1.29, 1.82) is 0 Å². The Kier molecular flexibility index (Phi) is 12.1. The zero-order valence-electron chi connectivity index (χ0n) is 27.3. The Bertz CT molecular complexity index is 1820. The number of rotatable bonds is 13. The molecule has 4 rings (SSSR count). The van der Waals surface area contributed by atoms with E-state index in [1.54, 1.807) is 42.5 Å². The highest BCUT2D eigenvalue weighted by molar-refractivity contribution is 7.92. The van der Waals surface area contributed by atoms with Gasteiger partial charge in [-0.15, -0.1) is 0 Å². The molecule has 0 spiro atoms. The van der Waals surface area contributed by atoms with E-state index < -0.39 is 28.5 Å². The molecular weight excluding hydrogens is 653 g/mol. The fourth-order valence-electron chi connectivity index (χ4n) is 5.08. The third kappa shape index (κ3) is 9.15. The van der Waals surface area contributed by atoms with Crippen LogP contribution in [0.25, 0.3) is 0 Å².